The van der Waals surface area contributed by atoms with Crippen molar-refractivity contribution in [3.8, 4) is 0 Å². The number of anilines is 1. The first-order valence-electron chi connectivity index (χ1n) is 6.48. The van der Waals surface area contributed by atoms with Crippen LogP contribution < -0.4 is 10.2 Å². The lowest BCUT2D eigenvalue weighted by Gasteiger charge is -2.21. The first-order chi connectivity index (χ1) is 9.91. The van der Waals surface area contributed by atoms with E-state index >= 15 is 0 Å². The van der Waals surface area contributed by atoms with Crippen LogP contribution in [0.15, 0.2) is 41.2 Å². The minimum absolute atomic E-state index is 0.181. The molecule has 0 fully saturated rings. The Kier molecular flexibility index (Phi) is 4.57. The van der Waals surface area contributed by atoms with Crippen molar-refractivity contribution in [1.29, 1.82) is 0 Å². The van der Waals surface area contributed by atoms with E-state index in [1.165, 1.54) is 12.1 Å². The van der Waals surface area contributed by atoms with Crippen LogP contribution in [0.2, 0.25) is 0 Å². The van der Waals surface area contributed by atoms with Crippen LogP contribution in [-0.2, 0) is 19.3 Å². The van der Waals surface area contributed by atoms with E-state index < -0.39 is 11.7 Å². The summed E-state index contributed by atoms with van der Waals surface area (Å²) in [5.41, 5.74) is 1.06. The van der Waals surface area contributed by atoms with Gasteiger partial charge in [0.2, 0.25) is 0 Å². The number of alkyl halides is 3. The van der Waals surface area contributed by atoms with Crippen molar-refractivity contribution in [3.63, 3.8) is 0 Å². The van der Waals surface area contributed by atoms with Crippen LogP contribution in [0.1, 0.15) is 16.7 Å². The smallest absolute Gasteiger partial charge is 0.416 e. The van der Waals surface area contributed by atoms with Gasteiger partial charge in [-0.2, -0.15) is 13.2 Å². The molecule has 0 radical (unpaired) electrons. The molecule has 0 amide bonds. The standard InChI is InChI=1S/C15H17F3N2O/c1-19-8-12-3-4-13(7-14(12)15(16,17)18)20(2)9-11-5-6-21-10-11/h3-7,10,19H,8-9H2,1-2H3. The highest BCUT2D eigenvalue weighted by molar-refractivity contribution is 5.51. The van der Waals surface area contributed by atoms with Gasteiger partial charge in [0.05, 0.1) is 18.1 Å². The third-order valence-electron chi connectivity index (χ3n) is 3.21. The molecule has 21 heavy (non-hydrogen) atoms. The van der Waals surface area contributed by atoms with Gasteiger partial charge in [-0.05, 0) is 30.8 Å². The summed E-state index contributed by atoms with van der Waals surface area (Å²) in [6.45, 7) is 0.666. The third kappa shape index (κ3) is 3.78. The van der Waals surface area contributed by atoms with E-state index in [0.29, 0.717) is 12.2 Å². The van der Waals surface area contributed by atoms with Crippen molar-refractivity contribution < 1.29 is 17.6 Å². The molecule has 0 unspecified atom stereocenters. The second kappa shape index (κ2) is 6.22. The van der Waals surface area contributed by atoms with Crippen LogP contribution in [0, 0.1) is 0 Å². The van der Waals surface area contributed by atoms with Gasteiger partial charge in [0.1, 0.15) is 0 Å². The lowest BCUT2D eigenvalue weighted by molar-refractivity contribution is -0.138. The van der Waals surface area contributed by atoms with Gasteiger partial charge < -0.3 is 14.6 Å². The molecule has 0 saturated heterocycles. The van der Waals surface area contributed by atoms with E-state index in [1.54, 1.807) is 43.7 Å². The van der Waals surface area contributed by atoms with Crippen molar-refractivity contribution in [2.24, 2.45) is 0 Å². The van der Waals surface area contributed by atoms with E-state index in [1.807, 2.05) is 0 Å². The quantitative estimate of drug-likeness (QED) is 0.913. The molecule has 0 aliphatic carbocycles. The fraction of sp³-hybridized carbons (Fsp3) is 0.333. The monoisotopic (exact) mass is 298 g/mol. The molecule has 1 aromatic carbocycles. The highest BCUT2D eigenvalue weighted by Crippen LogP contribution is 2.34. The van der Waals surface area contributed by atoms with Gasteiger partial charge in [0.15, 0.2) is 0 Å². The van der Waals surface area contributed by atoms with Crippen molar-refractivity contribution in [2.45, 2.75) is 19.3 Å². The Hall–Kier alpha value is -1.95. The lowest BCUT2D eigenvalue weighted by Crippen LogP contribution is -2.19. The highest BCUT2D eigenvalue weighted by Gasteiger charge is 2.33. The zero-order chi connectivity index (χ0) is 15.5. The minimum atomic E-state index is -4.36. The number of hydrogen-bond donors (Lipinski definition) is 1. The molecule has 0 aliphatic heterocycles. The molecule has 0 atom stereocenters. The van der Waals surface area contributed by atoms with Gasteiger partial charge in [-0.3, -0.25) is 0 Å². The summed E-state index contributed by atoms with van der Waals surface area (Å²) in [7, 11) is 3.37. The number of furan rings is 1. The van der Waals surface area contributed by atoms with Crippen molar-refractivity contribution >= 4 is 5.69 Å². The molecular weight excluding hydrogens is 281 g/mol. The zero-order valence-electron chi connectivity index (χ0n) is 11.9. The number of halogens is 3. The van der Waals surface area contributed by atoms with Gasteiger partial charge >= 0.3 is 6.18 Å². The van der Waals surface area contributed by atoms with Crippen molar-refractivity contribution in [2.75, 3.05) is 19.0 Å². The van der Waals surface area contributed by atoms with Gasteiger partial charge in [-0.1, -0.05) is 6.07 Å². The Balaban J connectivity index is 2.28. The summed E-state index contributed by atoms with van der Waals surface area (Å²) in [4.78, 5) is 1.75. The Morgan fingerprint density at radius 3 is 2.57 bits per heavy atom. The minimum Gasteiger partial charge on any atom is -0.472 e. The maximum Gasteiger partial charge on any atom is 0.416 e. The maximum absolute atomic E-state index is 13.1. The number of nitrogens with one attached hydrogen (secondary N) is 1. The predicted molar refractivity (Wildman–Crippen MR) is 75.0 cm³/mol. The van der Waals surface area contributed by atoms with Crippen LogP contribution in [-0.4, -0.2) is 14.1 Å². The van der Waals surface area contributed by atoms with Gasteiger partial charge in [-0.25, -0.2) is 0 Å². The summed E-state index contributed by atoms with van der Waals surface area (Å²) in [6, 6.07) is 6.19. The molecule has 1 N–H and O–H groups in total. The molecule has 3 nitrogen and oxygen atoms in total. The first kappa shape index (κ1) is 15.4. The molecule has 1 aromatic heterocycles. The average molecular weight is 298 g/mol. The summed E-state index contributed by atoms with van der Waals surface area (Å²) in [6.07, 6.45) is -1.24. The molecule has 6 heteroatoms. The number of benzene rings is 1. The van der Waals surface area contributed by atoms with Crippen molar-refractivity contribution in [3.05, 3.63) is 53.5 Å². The van der Waals surface area contributed by atoms with Crippen LogP contribution in [0.5, 0.6) is 0 Å². The summed E-state index contributed by atoms with van der Waals surface area (Å²) in [5.74, 6) is 0. The van der Waals surface area contributed by atoms with Crippen LogP contribution in [0.25, 0.3) is 0 Å². The summed E-state index contributed by atoms with van der Waals surface area (Å²) in [5, 5.41) is 2.76. The molecule has 0 bridgehead atoms. The lowest BCUT2D eigenvalue weighted by atomic mass is 10.1. The van der Waals surface area contributed by atoms with E-state index in [4.69, 9.17) is 4.42 Å². The number of hydrogen-bond acceptors (Lipinski definition) is 3. The highest BCUT2D eigenvalue weighted by atomic mass is 19.4. The molecule has 114 valence electrons. The first-order valence-corrected chi connectivity index (χ1v) is 6.48. The predicted octanol–water partition coefficient (Wildman–Crippen LogP) is 3.65. The third-order valence-corrected chi connectivity index (χ3v) is 3.21. The van der Waals surface area contributed by atoms with E-state index in [-0.39, 0.29) is 12.1 Å². The second-order valence-electron chi connectivity index (χ2n) is 4.86. The Labute approximate surface area is 121 Å². The molecule has 1 heterocycles. The summed E-state index contributed by atoms with van der Waals surface area (Å²) >= 11 is 0. The average Bonchev–Trinajstić information content (AvgIpc) is 2.91. The van der Waals surface area contributed by atoms with Crippen molar-refractivity contribution in [1.82, 2.24) is 5.32 Å². The Morgan fingerprint density at radius 2 is 2.00 bits per heavy atom. The zero-order valence-corrected chi connectivity index (χ0v) is 11.9. The largest absolute Gasteiger partial charge is 0.472 e. The molecule has 0 spiro atoms. The van der Waals surface area contributed by atoms with E-state index in [2.05, 4.69) is 5.32 Å². The van der Waals surface area contributed by atoms with E-state index in [0.717, 1.165) is 5.56 Å². The van der Waals surface area contributed by atoms with Gasteiger partial charge in [0.25, 0.3) is 0 Å². The fourth-order valence-electron chi connectivity index (χ4n) is 2.16. The Bertz CT molecular complexity index is 579. The molecule has 0 saturated carbocycles. The maximum atomic E-state index is 13.1. The molecule has 2 rings (SSSR count). The van der Waals surface area contributed by atoms with Crippen LogP contribution in [0.3, 0.4) is 0 Å². The molecule has 0 aliphatic rings. The molecular formula is C15H17F3N2O. The second-order valence-corrected chi connectivity index (χ2v) is 4.86. The number of rotatable bonds is 5. The SMILES string of the molecule is CNCc1ccc(N(C)Cc2ccoc2)cc1C(F)(F)F. The Morgan fingerprint density at radius 1 is 1.24 bits per heavy atom. The topological polar surface area (TPSA) is 28.4 Å². The normalized spacial score (nSPS) is 11.7. The van der Waals surface area contributed by atoms with Gasteiger partial charge in [0, 0.05) is 31.4 Å². The fourth-order valence-corrected chi connectivity index (χ4v) is 2.16. The number of nitrogens with zero attached hydrogens (tertiary/aromatic N) is 1. The molecule has 2 aromatic rings. The van der Waals surface area contributed by atoms with E-state index in [9.17, 15) is 13.2 Å². The van der Waals surface area contributed by atoms with Crippen LogP contribution in [0.4, 0.5) is 18.9 Å². The summed E-state index contributed by atoms with van der Waals surface area (Å²) < 4.78 is 44.4. The van der Waals surface area contributed by atoms with Gasteiger partial charge in [-0.15, -0.1) is 0 Å². The van der Waals surface area contributed by atoms with Crippen LogP contribution >= 0.6 is 0 Å².